The van der Waals surface area contributed by atoms with Gasteiger partial charge in [0.1, 0.15) is 5.84 Å². The maximum atomic E-state index is 12.2. The summed E-state index contributed by atoms with van der Waals surface area (Å²) in [6.07, 6.45) is 1.84. The number of fused-ring (bicyclic) bond motifs is 2. The molecule has 0 aromatic rings. The molecule has 0 aromatic carbocycles. The lowest BCUT2D eigenvalue weighted by atomic mass is 10.0. The molecular weight excluding hydrogens is 302 g/mol. The largest absolute Gasteiger partial charge is 0.418 e. The first kappa shape index (κ1) is 14.5. The number of nitrogens with zero attached hydrogens (tertiary/aromatic N) is 3. The smallest absolute Gasteiger partial charge is 0.386 e. The summed E-state index contributed by atoms with van der Waals surface area (Å²) in [5.74, 6) is 0.327. The molecular formula is C10H17N5O5S. The maximum Gasteiger partial charge on any atom is 0.418 e. The molecule has 0 aromatic heterocycles. The van der Waals surface area contributed by atoms with E-state index in [2.05, 4.69) is 9.28 Å². The molecule has 0 spiro atoms. The molecule has 1 saturated carbocycles. The van der Waals surface area contributed by atoms with Gasteiger partial charge in [-0.05, 0) is 19.3 Å². The summed E-state index contributed by atoms with van der Waals surface area (Å²) < 4.78 is 34.6. The van der Waals surface area contributed by atoms with Crippen LogP contribution in [-0.4, -0.2) is 65.5 Å². The Morgan fingerprint density at radius 3 is 2.67 bits per heavy atom. The number of hydroxylamine groups is 2. The van der Waals surface area contributed by atoms with Crippen LogP contribution in [0.4, 0.5) is 4.79 Å². The zero-order valence-electron chi connectivity index (χ0n) is 11.1. The van der Waals surface area contributed by atoms with Crippen molar-refractivity contribution >= 4 is 22.3 Å². The highest BCUT2D eigenvalue weighted by Crippen LogP contribution is 2.31. The standard InChI is InChI=1S/C10H17N5O5S/c11-6-3-7(6)13-9(12)8-2-1-5-4-14(8)10(16)15(5)20-21(17,18)19/h5-8H,1-4,11H2,(H2,12,13)(H,17,18,19)/t5-,6?,7?,8+/m1/s1. The summed E-state index contributed by atoms with van der Waals surface area (Å²) in [5.41, 5.74) is 11.6. The highest BCUT2D eigenvalue weighted by Gasteiger charge is 2.48. The lowest BCUT2D eigenvalue weighted by Gasteiger charge is -2.29. The molecule has 2 heterocycles. The van der Waals surface area contributed by atoms with Crippen LogP contribution in [0.15, 0.2) is 4.99 Å². The lowest BCUT2D eigenvalue weighted by molar-refractivity contribution is -0.0316. The van der Waals surface area contributed by atoms with E-state index in [1.54, 1.807) is 0 Å². The number of urea groups is 1. The minimum absolute atomic E-state index is 0.00519. The number of carbonyl (C=O) groups is 1. The summed E-state index contributed by atoms with van der Waals surface area (Å²) in [5, 5.41) is 0.686. The summed E-state index contributed by atoms with van der Waals surface area (Å²) in [7, 11) is -4.73. The molecule has 21 heavy (non-hydrogen) atoms. The molecule has 2 saturated heterocycles. The Bertz CT molecular complexity index is 593. The van der Waals surface area contributed by atoms with E-state index in [1.807, 2.05) is 0 Å². The van der Waals surface area contributed by atoms with Crippen LogP contribution >= 0.6 is 0 Å². The van der Waals surface area contributed by atoms with Crippen molar-refractivity contribution in [2.24, 2.45) is 16.5 Å². The first-order chi connectivity index (χ1) is 9.76. The fourth-order valence-electron chi connectivity index (χ4n) is 2.77. The van der Waals surface area contributed by atoms with Gasteiger partial charge in [-0.3, -0.25) is 9.55 Å². The molecule has 11 heteroatoms. The Hall–Kier alpha value is -1.43. The summed E-state index contributed by atoms with van der Waals surface area (Å²) in [6.45, 7) is 0.284. The molecule has 2 aliphatic heterocycles. The van der Waals surface area contributed by atoms with Crippen LogP contribution in [0.2, 0.25) is 0 Å². The van der Waals surface area contributed by atoms with E-state index in [-0.39, 0.29) is 18.6 Å². The molecule has 1 aliphatic carbocycles. The SMILES string of the molecule is NC(=NC1CC1N)[C@@H]1CC[C@@H]2CN1C(=O)N2OS(=O)(=O)O. The van der Waals surface area contributed by atoms with E-state index in [0.717, 1.165) is 6.42 Å². The van der Waals surface area contributed by atoms with Gasteiger partial charge in [-0.2, -0.15) is 13.5 Å². The molecule has 3 fully saturated rings. The van der Waals surface area contributed by atoms with Crippen molar-refractivity contribution < 1.29 is 22.0 Å². The monoisotopic (exact) mass is 319 g/mol. The average molecular weight is 319 g/mol. The van der Waals surface area contributed by atoms with E-state index in [4.69, 9.17) is 16.0 Å². The third-order valence-electron chi connectivity index (χ3n) is 3.96. The fourth-order valence-corrected chi connectivity index (χ4v) is 3.15. The predicted octanol–water partition coefficient (Wildman–Crippen LogP) is -1.55. The number of nitrogens with two attached hydrogens (primary N) is 2. The number of amides is 2. The quantitative estimate of drug-likeness (QED) is 0.322. The number of aliphatic imine (C=N–C) groups is 1. The Kier molecular flexibility index (Phi) is 3.31. The topological polar surface area (TPSA) is 152 Å². The minimum atomic E-state index is -4.73. The van der Waals surface area contributed by atoms with E-state index in [9.17, 15) is 13.2 Å². The van der Waals surface area contributed by atoms with Crippen LogP contribution in [0.5, 0.6) is 0 Å². The Balaban J connectivity index is 1.75. The first-order valence-electron chi connectivity index (χ1n) is 6.62. The second-order valence-corrected chi connectivity index (χ2v) is 6.54. The number of amidine groups is 1. The lowest BCUT2D eigenvalue weighted by Crippen LogP contribution is -2.48. The van der Waals surface area contributed by atoms with E-state index < -0.39 is 28.5 Å². The molecule has 5 N–H and O–H groups in total. The zero-order valence-corrected chi connectivity index (χ0v) is 11.9. The van der Waals surface area contributed by atoms with Gasteiger partial charge in [-0.25, -0.2) is 4.79 Å². The minimum Gasteiger partial charge on any atom is -0.386 e. The van der Waals surface area contributed by atoms with Crippen molar-refractivity contribution in [3.63, 3.8) is 0 Å². The normalized spacial score (nSPS) is 36.3. The summed E-state index contributed by atoms with van der Waals surface area (Å²) >= 11 is 0. The van der Waals surface area contributed by atoms with Gasteiger partial charge in [0.2, 0.25) is 0 Å². The van der Waals surface area contributed by atoms with Crippen LogP contribution in [0.25, 0.3) is 0 Å². The molecule has 2 unspecified atom stereocenters. The van der Waals surface area contributed by atoms with Gasteiger partial charge in [0.05, 0.1) is 18.1 Å². The number of carbonyl (C=O) groups excluding carboxylic acids is 1. The van der Waals surface area contributed by atoms with Crippen molar-refractivity contribution in [1.29, 1.82) is 0 Å². The zero-order chi connectivity index (χ0) is 15.4. The highest BCUT2D eigenvalue weighted by molar-refractivity contribution is 7.80. The second kappa shape index (κ2) is 4.80. The Morgan fingerprint density at radius 1 is 1.43 bits per heavy atom. The van der Waals surface area contributed by atoms with Crippen molar-refractivity contribution in [2.45, 2.75) is 43.4 Å². The molecule has 4 atom stereocenters. The van der Waals surface area contributed by atoms with Gasteiger partial charge in [-0.15, -0.1) is 4.28 Å². The third kappa shape index (κ3) is 2.81. The molecule has 2 amide bonds. The second-order valence-electron chi connectivity index (χ2n) is 5.53. The Morgan fingerprint density at radius 2 is 2.10 bits per heavy atom. The molecule has 3 aliphatic rings. The summed E-state index contributed by atoms with van der Waals surface area (Å²) in [6, 6.07) is -1.43. The Labute approximate surface area is 121 Å². The van der Waals surface area contributed by atoms with E-state index in [1.165, 1.54) is 4.90 Å². The molecule has 3 rings (SSSR count). The van der Waals surface area contributed by atoms with E-state index >= 15 is 0 Å². The fraction of sp³-hybridized carbons (Fsp3) is 0.800. The molecule has 118 valence electrons. The predicted molar refractivity (Wildman–Crippen MR) is 71.4 cm³/mol. The number of piperidine rings is 1. The van der Waals surface area contributed by atoms with Crippen LogP contribution in [0.1, 0.15) is 19.3 Å². The van der Waals surface area contributed by atoms with Gasteiger partial charge in [0.25, 0.3) is 0 Å². The van der Waals surface area contributed by atoms with Gasteiger partial charge in [-0.1, -0.05) is 0 Å². The van der Waals surface area contributed by atoms with Crippen molar-refractivity contribution in [1.82, 2.24) is 9.96 Å². The van der Waals surface area contributed by atoms with Gasteiger partial charge < -0.3 is 16.4 Å². The van der Waals surface area contributed by atoms with Gasteiger partial charge >= 0.3 is 16.4 Å². The van der Waals surface area contributed by atoms with Crippen LogP contribution < -0.4 is 11.5 Å². The summed E-state index contributed by atoms with van der Waals surface area (Å²) in [4.78, 5) is 17.9. The number of hydrogen-bond acceptors (Lipinski definition) is 6. The maximum absolute atomic E-state index is 12.2. The first-order valence-corrected chi connectivity index (χ1v) is 7.98. The van der Waals surface area contributed by atoms with Crippen molar-refractivity contribution in [3.8, 4) is 0 Å². The number of hydrogen-bond donors (Lipinski definition) is 3. The van der Waals surface area contributed by atoms with Gasteiger partial charge in [0, 0.05) is 12.6 Å². The molecule has 2 bridgehead atoms. The van der Waals surface area contributed by atoms with Gasteiger partial charge in [0.15, 0.2) is 0 Å². The number of rotatable bonds is 4. The average Bonchev–Trinajstić information content (AvgIpc) is 3.03. The van der Waals surface area contributed by atoms with Crippen LogP contribution in [0.3, 0.4) is 0 Å². The van der Waals surface area contributed by atoms with Crippen molar-refractivity contribution in [3.05, 3.63) is 0 Å². The molecule has 10 nitrogen and oxygen atoms in total. The van der Waals surface area contributed by atoms with Crippen LogP contribution in [0, 0.1) is 0 Å². The third-order valence-corrected chi connectivity index (χ3v) is 4.31. The van der Waals surface area contributed by atoms with E-state index in [0.29, 0.717) is 23.7 Å². The molecule has 0 radical (unpaired) electrons. The van der Waals surface area contributed by atoms with Crippen molar-refractivity contribution in [2.75, 3.05) is 6.54 Å². The highest BCUT2D eigenvalue weighted by atomic mass is 32.3. The van der Waals surface area contributed by atoms with Crippen LogP contribution in [-0.2, 0) is 14.7 Å².